The Morgan fingerprint density at radius 2 is 2.00 bits per heavy atom. The third kappa shape index (κ3) is 4.74. The molecule has 0 saturated heterocycles. The number of aliphatic imine (C=N–C) groups is 1. The molecule has 3 aromatic rings. The van der Waals surface area contributed by atoms with Crippen LogP contribution in [0.15, 0.2) is 77.9 Å². The molecule has 2 heterocycles. The number of nitrogens with one attached hydrogen (secondary N) is 2. The van der Waals surface area contributed by atoms with E-state index in [-0.39, 0.29) is 6.04 Å². The van der Waals surface area contributed by atoms with Gasteiger partial charge in [0, 0.05) is 30.3 Å². The fourth-order valence-electron chi connectivity index (χ4n) is 3.51. The average molecular weight is 386 g/mol. The van der Waals surface area contributed by atoms with E-state index in [1.807, 2.05) is 36.5 Å². The molecule has 5 heteroatoms. The minimum absolute atomic E-state index is 0.192. The van der Waals surface area contributed by atoms with E-state index in [2.05, 4.69) is 58.9 Å². The van der Waals surface area contributed by atoms with Crippen LogP contribution in [0.2, 0.25) is 0 Å². The molecule has 2 aromatic carbocycles. The summed E-state index contributed by atoms with van der Waals surface area (Å²) in [5, 5.41) is 6.94. The van der Waals surface area contributed by atoms with E-state index in [1.165, 1.54) is 5.56 Å². The van der Waals surface area contributed by atoms with E-state index < -0.39 is 0 Å². The maximum Gasteiger partial charge on any atom is 0.192 e. The second-order valence-corrected chi connectivity index (χ2v) is 6.98. The maximum absolute atomic E-state index is 5.77. The van der Waals surface area contributed by atoms with Gasteiger partial charge in [0.25, 0.3) is 0 Å². The van der Waals surface area contributed by atoms with Gasteiger partial charge in [0.05, 0.1) is 24.9 Å². The summed E-state index contributed by atoms with van der Waals surface area (Å²) >= 11 is 0. The molecular formula is C24H26N4O. The molecule has 0 amide bonds. The van der Waals surface area contributed by atoms with Crippen LogP contribution >= 0.6 is 0 Å². The van der Waals surface area contributed by atoms with Crippen LogP contribution < -0.4 is 15.4 Å². The number of ether oxygens (including phenoxy) is 1. The average Bonchev–Trinajstić information content (AvgIpc) is 2.79. The predicted molar refractivity (Wildman–Crippen MR) is 117 cm³/mol. The Labute approximate surface area is 171 Å². The van der Waals surface area contributed by atoms with Gasteiger partial charge in [-0.2, -0.15) is 0 Å². The number of hydrogen-bond acceptors (Lipinski definition) is 3. The van der Waals surface area contributed by atoms with E-state index in [4.69, 9.17) is 9.73 Å². The number of rotatable bonds is 5. The summed E-state index contributed by atoms with van der Waals surface area (Å²) in [7, 11) is 0. The van der Waals surface area contributed by atoms with Crippen molar-refractivity contribution in [2.24, 2.45) is 4.99 Å². The molecule has 0 aliphatic carbocycles. The van der Waals surface area contributed by atoms with Gasteiger partial charge in [0.1, 0.15) is 5.75 Å². The molecule has 29 heavy (non-hydrogen) atoms. The van der Waals surface area contributed by atoms with Crippen LogP contribution in [0.4, 0.5) is 0 Å². The monoisotopic (exact) mass is 386 g/mol. The second-order valence-electron chi connectivity index (χ2n) is 6.98. The van der Waals surface area contributed by atoms with Crippen LogP contribution in [-0.2, 0) is 6.54 Å². The zero-order chi connectivity index (χ0) is 19.9. The molecule has 0 saturated carbocycles. The quantitative estimate of drug-likeness (QED) is 0.506. The Bertz CT molecular complexity index is 971. The fourth-order valence-corrected chi connectivity index (χ4v) is 3.51. The van der Waals surface area contributed by atoms with Crippen molar-refractivity contribution < 1.29 is 4.74 Å². The van der Waals surface area contributed by atoms with Gasteiger partial charge in [-0.05, 0) is 36.8 Å². The predicted octanol–water partition coefficient (Wildman–Crippen LogP) is 4.33. The van der Waals surface area contributed by atoms with Gasteiger partial charge < -0.3 is 15.4 Å². The van der Waals surface area contributed by atoms with Gasteiger partial charge in [0.2, 0.25) is 0 Å². The molecule has 1 aliphatic rings. The lowest BCUT2D eigenvalue weighted by Crippen LogP contribution is -2.41. The Kier molecular flexibility index (Phi) is 6.05. The summed E-state index contributed by atoms with van der Waals surface area (Å²) < 4.78 is 5.77. The third-order valence-corrected chi connectivity index (χ3v) is 4.92. The van der Waals surface area contributed by atoms with Crippen molar-refractivity contribution >= 4 is 5.96 Å². The lowest BCUT2D eigenvalue weighted by Gasteiger charge is -2.28. The summed E-state index contributed by atoms with van der Waals surface area (Å²) in [5.41, 5.74) is 4.41. The highest BCUT2D eigenvalue weighted by molar-refractivity contribution is 5.80. The lowest BCUT2D eigenvalue weighted by atomic mass is 10.0. The minimum atomic E-state index is 0.192. The molecule has 0 fully saturated rings. The van der Waals surface area contributed by atoms with Crippen LogP contribution in [-0.4, -0.2) is 24.1 Å². The van der Waals surface area contributed by atoms with E-state index >= 15 is 0 Å². The van der Waals surface area contributed by atoms with Gasteiger partial charge in [-0.1, -0.05) is 42.5 Å². The van der Waals surface area contributed by atoms with Gasteiger partial charge in [0.15, 0.2) is 5.96 Å². The number of hydrogen-bond donors (Lipinski definition) is 2. The zero-order valence-corrected chi connectivity index (χ0v) is 16.6. The summed E-state index contributed by atoms with van der Waals surface area (Å²) in [6.45, 7) is 4.20. The molecule has 1 aromatic heterocycles. The van der Waals surface area contributed by atoms with E-state index in [0.717, 1.165) is 41.5 Å². The van der Waals surface area contributed by atoms with Crippen molar-refractivity contribution in [2.75, 3.05) is 13.2 Å². The highest BCUT2D eigenvalue weighted by Gasteiger charge is 2.21. The largest absolute Gasteiger partial charge is 0.493 e. The molecule has 0 radical (unpaired) electrons. The Balaban J connectivity index is 1.50. The maximum atomic E-state index is 5.77. The normalized spacial score (nSPS) is 15.9. The van der Waals surface area contributed by atoms with Crippen LogP contribution in [0.25, 0.3) is 11.3 Å². The molecule has 0 bridgehead atoms. The molecule has 148 valence electrons. The Morgan fingerprint density at radius 3 is 2.86 bits per heavy atom. The number of aromatic nitrogens is 1. The summed E-state index contributed by atoms with van der Waals surface area (Å²) in [6.07, 6.45) is 2.73. The smallest absolute Gasteiger partial charge is 0.192 e. The molecule has 2 N–H and O–H groups in total. The van der Waals surface area contributed by atoms with Crippen molar-refractivity contribution in [1.29, 1.82) is 0 Å². The Morgan fingerprint density at radius 1 is 1.10 bits per heavy atom. The van der Waals surface area contributed by atoms with Crippen molar-refractivity contribution in [3.05, 3.63) is 84.1 Å². The first-order chi connectivity index (χ1) is 14.3. The van der Waals surface area contributed by atoms with Gasteiger partial charge in [-0.15, -0.1) is 0 Å². The number of nitrogens with zero attached hydrogens (tertiary/aromatic N) is 2. The molecule has 1 atom stereocenters. The van der Waals surface area contributed by atoms with Gasteiger partial charge >= 0.3 is 0 Å². The summed E-state index contributed by atoms with van der Waals surface area (Å²) in [5.74, 6) is 1.77. The first-order valence-corrected chi connectivity index (χ1v) is 10.1. The molecule has 1 unspecified atom stereocenters. The molecule has 1 aliphatic heterocycles. The van der Waals surface area contributed by atoms with Crippen molar-refractivity contribution in [3.63, 3.8) is 0 Å². The number of pyridine rings is 1. The van der Waals surface area contributed by atoms with E-state index in [9.17, 15) is 0 Å². The standard InChI is InChI=1S/C24H26N4O/c1-2-25-24(28-22-13-15-29-23-12-4-3-10-20(22)23)27-17-18-8-7-9-19(16-18)21-11-5-6-14-26-21/h3-12,14,16,22H,2,13,15,17H2,1H3,(H2,25,27,28). The number of para-hydroxylation sites is 1. The summed E-state index contributed by atoms with van der Waals surface area (Å²) in [6, 6.07) is 22.7. The van der Waals surface area contributed by atoms with Crippen LogP contribution in [0.5, 0.6) is 5.75 Å². The SMILES string of the molecule is CCNC(=NCc1cccc(-c2ccccn2)c1)NC1CCOc2ccccc21. The van der Waals surface area contributed by atoms with Gasteiger partial charge in [-0.25, -0.2) is 4.99 Å². The van der Waals surface area contributed by atoms with Crippen LogP contribution in [0.1, 0.15) is 30.5 Å². The number of guanidine groups is 1. The highest BCUT2D eigenvalue weighted by atomic mass is 16.5. The topological polar surface area (TPSA) is 58.5 Å². The molecule has 0 spiro atoms. The van der Waals surface area contributed by atoms with Crippen molar-refractivity contribution in [1.82, 2.24) is 15.6 Å². The molecule has 4 rings (SSSR count). The molecule has 5 nitrogen and oxygen atoms in total. The third-order valence-electron chi connectivity index (χ3n) is 4.92. The molecular weight excluding hydrogens is 360 g/mol. The van der Waals surface area contributed by atoms with E-state index in [0.29, 0.717) is 13.2 Å². The first-order valence-electron chi connectivity index (χ1n) is 10.1. The van der Waals surface area contributed by atoms with Gasteiger partial charge in [-0.3, -0.25) is 4.98 Å². The highest BCUT2D eigenvalue weighted by Crippen LogP contribution is 2.31. The Hall–Kier alpha value is -3.34. The van der Waals surface area contributed by atoms with Crippen molar-refractivity contribution in [3.8, 4) is 17.0 Å². The van der Waals surface area contributed by atoms with Crippen LogP contribution in [0, 0.1) is 0 Å². The first kappa shape index (κ1) is 19.0. The van der Waals surface area contributed by atoms with E-state index in [1.54, 1.807) is 0 Å². The second kappa shape index (κ2) is 9.24. The minimum Gasteiger partial charge on any atom is -0.493 e. The number of benzene rings is 2. The lowest BCUT2D eigenvalue weighted by molar-refractivity contribution is 0.261. The summed E-state index contributed by atoms with van der Waals surface area (Å²) in [4.78, 5) is 9.26. The zero-order valence-electron chi connectivity index (χ0n) is 16.6. The fraction of sp³-hybridized carbons (Fsp3) is 0.250. The number of fused-ring (bicyclic) bond motifs is 1. The van der Waals surface area contributed by atoms with Crippen LogP contribution in [0.3, 0.4) is 0 Å². The van der Waals surface area contributed by atoms with Crippen molar-refractivity contribution in [2.45, 2.75) is 25.9 Å².